The number of unbranched alkanes of at least 4 members (excludes halogenated alkanes) is 1. The van der Waals surface area contributed by atoms with Gasteiger partial charge in [0, 0.05) is 0 Å². The molecule has 0 atom stereocenters. The second-order valence-corrected chi connectivity index (χ2v) is 5.37. The molecule has 0 fully saturated rings. The predicted octanol–water partition coefficient (Wildman–Crippen LogP) is 4.35. The van der Waals surface area contributed by atoms with Gasteiger partial charge in [0.15, 0.2) is 11.5 Å². The summed E-state index contributed by atoms with van der Waals surface area (Å²) in [5, 5.41) is 31.1. The van der Waals surface area contributed by atoms with Gasteiger partial charge in [-0.3, -0.25) is 0 Å². The standard InChI is InChI=1S/C19H21NO3/c21-18-13-11-16(14-19(18)22)10-12-17(20-23)9-5-4-8-15-6-2-1-3-7-15/h1-3,6-7,10-14,21-23H,4-5,8-9H2. The first-order valence-corrected chi connectivity index (χ1v) is 7.64. The van der Waals surface area contributed by atoms with Gasteiger partial charge < -0.3 is 15.4 Å². The summed E-state index contributed by atoms with van der Waals surface area (Å²) in [6.45, 7) is 0. The zero-order valence-electron chi connectivity index (χ0n) is 12.9. The normalized spacial score (nSPS) is 11.9. The third kappa shape index (κ3) is 5.51. The molecule has 2 rings (SSSR count). The van der Waals surface area contributed by atoms with Gasteiger partial charge in [0.05, 0.1) is 5.71 Å². The van der Waals surface area contributed by atoms with Gasteiger partial charge in [-0.05, 0) is 55.0 Å². The lowest BCUT2D eigenvalue weighted by Gasteiger charge is -2.02. The van der Waals surface area contributed by atoms with Crippen LogP contribution in [-0.2, 0) is 6.42 Å². The maximum atomic E-state index is 9.44. The molecule has 0 heterocycles. The summed E-state index contributed by atoms with van der Waals surface area (Å²) in [5.41, 5.74) is 2.63. The number of nitrogens with zero attached hydrogens (tertiary/aromatic N) is 1. The van der Waals surface area contributed by atoms with E-state index in [9.17, 15) is 10.2 Å². The number of allylic oxidation sites excluding steroid dienone is 1. The highest BCUT2D eigenvalue weighted by Crippen LogP contribution is 2.25. The fourth-order valence-corrected chi connectivity index (χ4v) is 2.28. The quantitative estimate of drug-likeness (QED) is 0.234. The minimum atomic E-state index is -0.169. The van der Waals surface area contributed by atoms with Crippen molar-refractivity contribution < 1.29 is 15.4 Å². The van der Waals surface area contributed by atoms with Crippen molar-refractivity contribution in [3.8, 4) is 11.5 Å². The molecule has 0 radical (unpaired) electrons. The van der Waals surface area contributed by atoms with Crippen LogP contribution in [0.15, 0.2) is 59.8 Å². The van der Waals surface area contributed by atoms with Gasteiger partial charge in [-0.1, -0.05) is 47.6 Å². The van der Waals surface area contributed by atoms with Crippen LogP contribution in [0, 0.1) is 0 Å². The molecule has 0 spiro atoms. The van der Waals surface area contributed by atoms with Gasteiger partial charge in [0.2, 0.25) is 0 Å². The van der Waals surface area contributed by atoms with Crippen molar-refractivity contribution in [2.45, 2.75) is 25.7 Å². The van der Waals surface area contributed by atoms with E-state index in [0.29, 0.717) is 12.1 Å². The molecule has 0 aromatic heterocycles. The zero-order valence-corrected chi connectivity index (χ0v) is 12.9. The van der Waals surface area contributed by atoms with Crippen LogP contribution in [0.3, 0.4) is 0 Å². The van der Waals surface area contributed by atoms with Crippen molar-refractivity contribution in [2.24, 2.45) is 5.16 Å². The molecule has 0 aliphatic rings. The highest BCUT2D eigenvalue weighted by molar-refractivity contribution is 5.97. The van der Waals surface area contributed by atoms with Crippen molar-refractivity contribution in [3.63, 3.8) is 0 Å². The topological polar surface area (TPSA) is 73.1 Å². The number of aromatic hydroxyl groups is 2. The largest absolute Gasteiger partial charge is 0.504 e. The second kappa shape index (κ2) is 8.63. The molecule has 4 heteroatoms. The summed E-state index contributed by atoms with van der Waals surface area (Å²) in [6.07, 6.45) is 7.11. The molecule has 0 unspecified atom stereocenters. The van der Waals surface area contributed by atoms with Crippen molar-refractivity contribution in [1.29, 1.82) is 0 Å². The predicted molar refractivity (Wildman–Crippen MR) is 92.0 cm³/mol. The molecule has 0 bridgehead atoms. The molecule has 0 aliphatic heterocycles. The number of hydrogen-bond donors (Lipinski definition) is 3. The van der Waals surface area contributed by atoms with Crippen LogP contribution >= 0.6 is 0 Å². The average molecular weight is 311 g/mol. The third-order valence-electron chi connectivity index (χ3n) is 3.59. The molecule has 0 saturated carbocycles. The molecule has 0 saturated heterocycles. The van der Waals surface area contributed by atoms with Crippen LogP contribution in [-0.4, -0.2) is 21.1 Å². The summed E-state index contributed by atoms with van der Waals surface area (Å²) in [6, 6.07) is 14.8. The van der Waals surface area contributed by atoms with Crippen molar-refractivity contribution >= 4 is 11.8 Å². The van der Waals surface area contributed by atoms with Crippen LogP contribution < -0.4 is 0 Å². The minimum Gasteiger partial charge on any atom is -0.504 e. The van der Waals surface area contributed by atoms with Gasteiger partial charge in [-0.25, -0.2) is 0 Å². The van der Waals surface area contributed by atoms with Crippen molar-refractivity contribution in [3.05, 3.63) is 65.7 Å². The summed E-state index contributed by atoms with van der Waals surface area (Å²) in [7, 11) is 0. The molecule has 0 amide bonds. The first-order chi connectivity index (χ1) is 11.2. The van der Waals surface area contributed by atoms with Gasteiger partial charge >= 0.3 is 0 Å². The lowest BCUT2D eigenvalue weighted by Crippen LogP contribution is -1.95. The van der Waals surface area contributed by atoms with E-state index in [1.54, 1.807) is 18.2 Å². The van der Waals surface area contributed by atoms with E-state index in [1.807, 2.05) is 18.2 Å². The Morgan fingerprint density at radius 3 is 2.43 bits per heavy atom. The van der Waals surface area contributed by atoms with E-state index in [1.165, 1.54) is 17.7 Å². The lowest BCUT2D eigenvalue weighted by molar-refractivity contribution is 0.318. The zero-order chi connectivity index (χ0) is 16.5. The van der Waals surface area contributed by atoms with Crippen LogP contribution in [0.25, 0.3) is 6.08 Å². The number of phenolic OH excluding ortho intramolecular Hbond substituents is 2. The second-order valence-electron chi connectivity index (χ2n) is 5.37. The smallest absolute Gasteiger partial charge is 0.157 e. The Kier molecular flexibility index (Phi) is 6.24. The Morgan fingerprint density at radius 2 is 1.74 bits per heavy atom. The Hall–Kier alpha value is -2.75. The number of rotatable bonds is 7. The summed E-state index contributed by atoms with van der Waals surface area (Å²) in [5.74, 6) is -0.323. The number of oxime groups is 1. The van der Waals surface area contributed by atoms with Gasteiger partial charge in [0.25, 0.3) is 0 Å². The maximum Gasteiger partial charge on any atom is 0.157 e. The van der Waals surface area contributed by atoms with Gasteiger partial charge in [-0.15, -0.1) is 0 Å². The van der Waals surface area contributed by atoms with E-state index in [4.69, 9.17) is 5.21 Å². The first kappa shape index (κ1) is 16.6. The average Bonchev–Trinajstić information content (AvgIpc) is 2.58. The first-order valence-electron chi connectivity index (χ1n) is 7.64. The number of hydrogen-bond acceptors (Lipinski definition) is 4. The number of aryl methyl sites for hydroxylation is 1. The highest BCUT2D eigenvalue weighted by atomic mass is 16.4. The van der Waals surface area contributed by atoms with E-state index >= 15 is 0 Å². The molecule has 2 aromatic carbocycles. The molecule has 4 nitrogen and oxygen atoms in total. The monoisotopic (exact) mass is 311 g/mol. The van der Waals surface area contributed by atoms with E-state index in [0.717, 1.165) is 24.8 Å². The van der Waals surface area contributed by atoms with Gasteiger partial charge in [0.1, 0.15) is 0 Å². The third-order valence-corrected chi connectivity index (χ3v) is 3.59. The van der Waals surface area contributed by atoms with Crippen LogP contribution in [0.5, 0.6) is 11.5 Å². The van der Waals surface area contributed by atoms with Crippen LogP contribution in [0.1, 0.15) is 30.4 Å². The fourth-order valence-electron chi connectivity index (χ4n) is 2.28. The van der Waals surface area contributed by atoms with E-state index in [-0.39, 0.29) is 11.5 Å². The summed E-state index contributed by atoms with van der Waals surface area (Å²) >= 11 is 0. The van der Waals surface area contributed by atoms with Crippen molar-refractivity contribution in [1.82, 2.24) is 0 Å². The number of benzene rings is 2. The summed E-state index contributed by atoms with van der Waals surface area (Å²) in [4.78, 5) is 0. The molecule has 3 N–H and O–H groups in total. The maximum absolute atomic E-state index is 9.44. The van der Waals surface area contributed by atoms with Crippen LogP contribution in [0.4, 0.5) is 0 Å². The molecular weight excluding hydrogens is 290 g/mol. The highest BCUT2D eigenvalue weighted by Gasteiger charge is 2.00. The molecule has 23 heavy (non-hydrogen) atoms. The lowest BCUT2D eigenvalue weighted by atomic mass is 10.0. The minimum absolute atomic E-state index is 0.154. The summed E-state index contributed by atoms with van der Waals surface area (Å²) < 4.78 is 0. The van der Waals surface area contributed by atoms with Gasteiger partial charge in [-0.2, -0.15) is 0 Å². The Morgan fingerprint density at radius 1 is 0.957 bits per heavy atom. The van der Waals surface area contributed by atoms with Crippen molar-refractivity contribution in [2.75, 3.05) is 0 Å². The Balaban J connectivity index is 1.81. The molecule has 120 valence electrons. The molecular formula is C19H21NO3. The van der Waals surface area contributed by atoms with E-state index < -0.39 is 0 Å². The molecule has 0 aliphatic carbocycles. The van der Waals surface area contributed by atoms with E-state index in [2.05, 4.69) is 17.3 Å². The fraction of sp³-hybridized carbons (Fsp3) is 0.211. The SMILES string of the molecule is ON=C(C=Cc1ccc(O)c(O)c1)CCCCc1ccccc1. The Bertz CT molecular complexity index is 678. The molecule has 2 aromatic rings. The Labute approximate surface area is 136 Å². The number of phenols is 2. The van der Waals surface area contributed by atoms with Crippen LogP contribution in [0.2, 0.25) is 0 Å².